The van der Waals surface area contributed by atoms with Crippen LogP contribution in [0.1, 0.15) is 0 Å². The number of carbonyl (C=O) groups excluding carboxylic acids is 1. The number of halogens is 2. The summed E-state index contributed by atoms with van der Waals surface area (Å²) in [6.07, 6.45) is 0. The lowest BCUT2D eigenvalue weighted by atomic mass is 10.1. The van der Waals surface area contributed by atoms with E-state index < -0.39 is 16.9 Å². The number of benzene rings is 1. The van der Waals surface area contributed by atoms with Crippen molar-refractivity contribution in [2.45, 2.75) is 6.04 Å². The number of amides is 1. The van der Waals surface area contributed by atoms with Gasteiger partial charge in [0, 0.05) is 25.7 Å². The second-order valence-corrected chi connectivity index (χ2v) is 5.14. The van der Waals surface area contributed by atoms with Crippen LogP contribution in [0.2, 0.25) is 10.0 Å². The van der Waals surface area contributed by atoms with Crippen LogP contribution < -0.4 is 16.0 Å². The first kappa shape index (κ1) is 14.8. The Morgan fingerprint density at radius 3 is 2.70 bits per heavy atom. The summed E-state index contributed by atoms with van der Waals surface area (Å²) in [5.74, 6) is -0.558. The fourth-order valence-electron chi connectivity index (χ4n) is 2.15. The zero-order valence-corrected chi connectivity index (χ0v) is 11.8. The number of nitro groups is 1. The van der Waals surface area contributed by atoms with E-state index in [1.54, 1.807) is 4.90 Å². The first-order valence-corrected chi connectivity index (χ1v) is 6.57. The number of hydrogen-bond acceptors (Lipinski definition) is 5. The van der Waals surface area contributed by atoms with Gasteiger partial charge in [-0.25, -0.2) is 0 Å². The van der Waals surface area contributed by atoms with Gasteiger partial charge in [-0.15, -0.1) is 0 Å². The molecule has 1 saturated heterocycles. The number of piperazine rings is 1. The second-order valence-electron chi connectivity index (χ2n) is 4.33. The molecule has 1 amide bonds. The molecule has 1 heterocycles. The molecule has 0 spiro atoms. The monoisotopic (exact) mass is 318 g/mol. The van der Waals surface area contributed by atoms with Crippen molar-refractivity contribution in [2.24, 2.45) is 5.73 Å². The topological polar surface area (TPSA) is 102 Å². The quantitative estimate of drug-likeness (QED) is 0.643. The second kappa shape index (κ2) is 5.82. The van der Waals surface area contributed by atoms with Crippen molar-refractivity contribution in [3.63, 3.8) is 0 Å². The molecule has 0 saturated carbocycles. The molecule has 1 aromatic rings. The van der Waals surface area contributed by atoms with Gasteiger partial charge in [-0.1, -0.05) is 23.2 Å². The smallest absolute Gasteiger partial charge is 0.294 e. The van der Waals surface area contributed by atoms with Gasteiger partial charge in [0.05, 0.1) is 15.0 Å². The average molecular weight is 319 g/mol. The fourth-order valence-corrected chi connectivity index (χ4v) is 2.46. The molecule has 0 bridgehead atoms. The highest BCUT2D eigenvalue weighted by atomic mass is 35.5. The summed E-state index contributed by atoms with van der Waals surface area (Å²) >= 11 is 11.7. The van der Waals surface area contributed by atoms with Gasteiger partial charge in [0.25, 0.3) is 5.69 Å². The maximum Gasteiger partial charge on any atom is 0.294 e. The number of hydrogen-bond donors (Lipinski definition) is 2. The highest BCUT2D eigenvalue weighted by Gasteiger charge is 2.32. The minimum Gasteiger partial charge on any atom is -0.368 e. The third-order valence-corrected chi connectivity index (χ3v) is 3.82. The van der Waals surface area contributed by atoms with Crippen LogP contribution in [0.15, 0.2) is 12.1 Å². The standard InChI is InChI=1S/C11H12Cl2N4O3/c12-6-3-8(9(17(19)20)4-7(6)13)16-2-1-15-5-10(16)11(14)18/h3-4,10,15H,1-2,5H2,(H2,14,18). The molecule has 7 nitrogen and oxygen atoms in total. The molecule has 2 rings (SSSR count). The third-order valence-electron chi connectivity index (χ3n) is 3.10. The Morgan fingerprint density at radius 1 is 1.45 bits per heavy atom. The highest BCUT2D eigenvalue weighted by molar-refractivity contribution is 6.42. The molecule has 3 N–H and O–H groups in total. The van der Waals surface area contributed by atoms with E-state index >= 15 is 0 Å². The number of nitrogens with one attached hydrogen (secondary N) is 1. The van der Waals surface area contributed by atoms with Crippen molar-refractivity contribution in [1.82, 2.24) is 5.32 Å². The number of primary amides is 1. The minimum absolute atomic E-state index is 0.0906. The lowest BCUT2D eigenvalue weighted by Crippen LogP contribution is -2.57. The number of nitro benzene ring substituents is 1. The highest BCUT2D eigenvalue weighted by Crippen LogP contribution is 2.37. The molecule has 1 aromatic carbocycles. The van der Waals surface area contributed by atoms with Crippen molar-refractivity contribution in [2.75, 3.05) is 24.5 Å². The Bertz CT molecular complexity index is 567. The Balaban J connectivity index is 2.51. The zero-order valence-electron chi connectivity index (χ0n) is 10.3. The van der Waals surface area contributed by atoms with Crippen LogP contribution >= 0.6 is 23.2 Å². The molecule has 1 unspecified atom stereocenters. The van der Waals surface area contributed by atoms with E-state index in [-0.39, 0.29) is 21.4 Å². The van der Waals surface area contributed by atoms with E-state index in [0.29, 0.717) is 19.6 Å². The van der Waals surface area contributed by atoms with E-state index in [1.807, 2.05) is 0 Å². The van der Waals surface area contributed by atoms with Gasteiger partial charge in [0.2, 0.25) is 5.91 Å². The molecule has 1 atom stereocenters. The van der Waals surface area contributed by atoms with Crippen LogP contribution in [0.3, 0.4) is 0 Å². The van der Waals surface area contributed by atoms with E-state index in [2.05, 4.69) is 5.32 Å². The van der Waals surface area contributed by atoms with Crippen LogP contribution in [0.4, 0.5) is 11.4 Å². The Labute approximate surface area is 124 Å². The Morgan fingerprint density at radius 2 is 2.10 bits per heavy atom. The summed E-state index contributed by atoms with van der Waals surface area (Å²) in [5, 5.41) is 14.4. The summed E-state index contributed by atoms with van der Waals surface area (Å²) in [4.78, 5) is 23.7. The lowest BCUT2D eigenvalue weighted by molar-refractivity contribution is -0.384. The molecule has 1 aliphatic heterocycles. The van der Waals surface area contributed by atoms with Gasteiger partial charge in [-0.3, -0.25) is 14.9 Å². The van der Waals surface area contributed by atoms with Gasteiger partial charge in [-0.05, 0) is 6.07 Å². The van der Waals surface area contributed by atoms with Gasteiger partial charge < -0.3 is 16.0 Å². The van der Waals surface area contributed by atoms with Gasteiger partial charge in [-0.2, -0.15) is 0 Å². The molecule has 0 aliphatic carbocycles. The summed E-state index contributed by atoms with van der Waals surface area (Å²) < 4.78 is 0. The summed E-state index contributed by atoms with van der Waals surface area (Å²) in [6, 6.07) is 1.91. The number of nitrogens with two attached hydrogens (primary N) is 1. The predicted octanol–water partition coefficient (Wildman–Crippen LogP) is 1.17. The molecule has 1 fully saturated rings. The lowest BCUT2D eigenvalue weighted by Gasteiger charge is -2.35. The van der Waals surface area contributed by atoms with Gasteiger partial charge in [0.15, 0.2) is 0 Å². The van der Waals surface area contributed by atoms with E-state index in [4.69, 9.17) is 28.9 Å². The van der Waals surface area contributed by atoms with Crippen LogP contribution in [-0.2, 0) is 4.79 Å². The van der Waals surface area contributed by atoms with E-state index in [9.17, 15) is 14.9 Å². The van der Waals surface area contributed by atoms with E-state index in [1.165, 1.54) is 12.1 Å². The van der Waals surface area contributed by atoms with Crippen LogP contribution in [0, 0.1) is 10.1 Å². The average Bonchev–Trinajstić information content (AvgIpc) is 2.41. The van der Waals surface area contributed by atoms with Gasteiger partial charge in [0.1, 0.15) is 11.7 Å². The SMILES string of the molecule is NC(=O)C1CNCCN1c1cc(Cl)c(Cl)cc1[N+](=O)[O-]. The number of carbonyl (C=O) groups is 1. The van der Waals surface area contributed by atoms with Crippen molar-refractivity contribution in [3.8, 4) is 0 Å². The molecular formula is C11H12Cl2N4O3. The molecule has 1 aliphatic rings. The summed E-state index contributed by atoms with van der Waals surface area (Å²) in [7, 11) is 0. The largest absolute Gasteiger partial charge is 0.368 e. The molecule has 0 radical (unpaired) electrons. The van der Waals surface area contributed by atoms with E-state index in [0.717, 1.165) is 0 Å². The molecular weight excluding hydrogens is 307 g/mol. The van der Waals surface area contributed by atoms with Gasteiger partial charge >= 0.3 is 0 Å². The van der Waals surface area contributed by atoms with Crippen molar-refractivity contribution < 1.29 is 9.72 Å². The molecule has 108 valence electrons. The maximum atomic E-state index is 11.5. The molecule has 0 aromatic heterocycles. The predicted molar refractivity (Wildman–Crippen MR) is 76.3 cm³/mol. The maximum absolute atomic E-state index is 11.5. The number of rotatable bonds is 3. The first-order chi connectivity index (χ1) is 9.41. The summed E-state index contributed by atoms with van der Waals surface area (Å²) in [5.41, 5.74) is 5.38. The van der Waals surface area contributed by atoms with Crippen molar-refractivity contribution in [3.05, 3.63) is 32.3 Å². The first-order valence-electron chi connectivity index (χ1n) is 5.82. The fraction of sp³-hybridized carbons (Fsp3) is 0.364. The Hall–Kier alpha value is -1.57. The normalized spacial score (nSPS) is 18.9. The Kier molecular flexibility index (Phi) is 4.32. The number of nitrogens with zero attached hydrogens (tertiary/aromatic N) is 2. The molecule has 20 heavy (non-hydrogen) atoms. The third kappa shape index (κ3) is 2.79. The molecule has 9 heteroatoms. The summed E-state index contributed by atoms with van der Waals surface area (Å²) in [6.45, 7) is 1.32. The van der Waals surface area contributed by atoms with Crippen LogP contribution in [-0.4, -0.2) is 36.5 Å². The van der Waals surface area contributed by atoms with Crippen LogP contribution in [0.5, 0.6) is 0 Å². The number of anilines is 1. The van der Waals surface area contributed by atoms with Crippen molar-refractivity contribution in [1.29, 1.82) is 0 Å². The zero-order chi connectivity index (χ0) is 14.9. The van der Waals surface area contributed by atoms with Crippen molar-refractivity contribution >= 4 is 40.5 Å². The minimum atomic E-state index is -0.667. The van der Waals surface area contributed by atoms with Crippen LogP contribution in [0.25, 0.3) is 0 Å².